The number of halogens is 2. The molecule has 0 aliphatic heterocycles. The Morgan fingerprint density at radius 1 is 1.25 bits per heavy atom. The largest absolute Gasteiger partial charge is 0.452 e. The van der Waals surface area contributed by atoms with E-state index in [-0.39, 0.29) is 10.8 Å². The molecule has 2 aromatic rings. The first-order valence-corrected chi connectivity index (χ1v) is 4.76. The van der Waals surface area contributed by atoms with Crippen LogP contribution in [0, 0.1) is 5.82 Å². The van der Waals surface area contributed by atoms with E-state index in [1.165, 1.54) is 0 Å². The van der Waals surface area contributed by atoms with E-state index in [0.717, 1.165) is 6.26 Å². The Labute approximate surface area is 95.0 Å². The second-order valence-corrected chi connectivity index (χ2v) is 3.34. The van der Waals surface area contributed by atoms with Crippen molar-refractivity contribution in [1.29, 1.82) is 0 Å². The van der Waals surface area contributed by atoms with Crippen LogP contribution in [-0.2, 0) is 0 Å². The summed E-state index contributed by atoms with van der Waals surface area (Å²) >= 11 is 5.65. The Morgan fingerprint density at radius 2 is 1.94 bits per heavy atom. The SMILES string of the molecule is O=c1occ(Cl)c(Oc2ccccc2)c1F. The maximum Gasteiger partial charge on any atom is 0.376 e. The van der Waals surface area contributed by atoms with Crippen LogP contribution in [0.2, 0.25) is 5.02 Å². The van der Waals surface area contributed by atoms with Gasteiger partial charge in [0.1, 0.15) is 17.0 Å². The zero-order valence-corrected chi connectivity index (χ0v) is 8.70. The average molecular weight is 241 g/mol. The minimum absolute atomic E-state index is 0.0963. The molecule has 0 radical (unpaired) electrons. The van der Waals surface area contributed by atoms with Crippen molar-refractivity contribution in [3.05, 3.63) is 57.9 Å². The predicted molar refractivity (Wildman–Crippen MR) is 56.5 cm³/mol. The second kappa shape index (κ2) is 4.37. The van der Waals surface area contributed by atoms with Gasteiger partial charge in [0.15, 0.2) is 5.75 Å². The van der Waals surface area contributed by atoms with Crippen LogP contribution in [0.15, 0.2) is 45.8 Å². The third-order valence-electron chi connectivity index (χ3n) is 1.83. The van der Waals surface area contributed by atoms with Crippen molar-refractivity contribution >= 4 is 11.6 Å². The van der Waals surface area contributed by atoms with Gasteiger partial charge in [-0.25, -0.2) is 4.79 Å². The van der Waals surface area contributed by atoms with Crippen LogP contribution in [0.3, 0.4) is 0 Å². The first kappa shape index (κ1) is 10.7. The number of ether oxygens (including phenoxy) is 1. The predicted octanol–water partition coefficient (Wildman–Crippen LogP) is 3.22. The summed E-state index contributed by atoms with van der Waals surface area (Å²) in [6, 6.07) is 8.44. The van der Waals surface area contributed by atoms with Crippen molar-refractivity contribution in [2.24, 2.45) is 0 Å². The number of hydrogen-bond donors (Lipinski definition) is 0. The van der Waals surface area contributed by atoms with Crippen molar-refractivity contribution in [1.82, 2.24) is 0 Å². The molecule has 0 unspecified atom stereocenters. The molecule has 0 aliphatic rings. The summed E-state index contributed by atoms with van der Waals surface area (Å²) in [5.74, 6) is -1.09. The Hall–Kier alpha value is -1.81. The second-order valence-electron chi connectivity index (χ2n) is 2.93. The summed E-state index contributed by atoms with van der Waals surface area (Å²) in [7, 11) is 0. The lowest BCUT2D eigenvalue weighted by molar-refractivity contribution is 0.393. The minimum Gasteiger partial charge on any atom is -0.452 e. The van der Waals surface area contributed by atoms with Gasteiger partial charge in [-0.15, -0.1) is 0 Å². The Morgan fingerprint density at radius 3 is 2.62 bits per heavy atom. The Bertz CT molecular complexity index is 551. The summed E-state index contributed by atoms with van der Waals surface area (Å²) in [4.78, 5) is 10.9. The van der Waals surface area contributed by atoms with Crippen LogP contribution < -0.4 is 10.4 Å². The maximum atomic E-state index is 13.3. The van der Waals surface area contributed by atoms with Gasteiger partial charge in [0.05, 0.1) is 0 Å². The number of benzene rings is 1. The lowest BCUT2D eigenvalue weighted by Gasteiger charge is -2.06. The van der Waals surface area contributed by atoms with Crippen LogP contribution in [0.5, 0.6) is 11.5 Å². The molecule has 1 aromatic heterocycles. The molecule has 2 rings (SSSR count). The Balaban J connectivity index is 2.42. The van der Waals surface area contributed by atoms with Crippen molar-refractivity contribution in [3.63, 3.8) is 0 Å². The van der Waals surface area contributed by atoms with E-state index in [1.54, 1.807) is 30.3 Å². The maximum absolute atomic E-state index is 13.3. The highest BCUT2D eigenvalue weighted by atomic mass is 35.5. The van der Waals surface area contributed by atoms with Gasteiger partial charge in [0, 0.05) is 0 Å². The lowest BCUT2D eigenvalue weighted by atomic mass is 10.3. The monoisotopic (exact) mass is 240 g/mol. The first-order chi connectivity index (χ1) is 7.68. The normalized spacial score (nSPS) is 10.1. The topological polar surface area (TPSA) is 39.4 Å². The third kappa shape index (κ3) is 2.06. The molecule has 82 valence electrons. The molecule has 3 nitrogen and oxygen atoms in total. The van der Waals surface area contributed by atoms with Gasteiger partial charge in [0.2, 0.25) is 0 Å². The van der Waals surface area contributed by atoms with Gasteiger partial charge < -0.3 is 9.15 Å². The molecule has 0 N–H and O–H groups in total. The van der Waals surface area contributed by atoms with Crippen LogP contribution in [-0.4, -0.2) is 0 Å². The summed E-state index contributed by atoms with van der Waals surface area (Å²) in [6.07, 6.45) is 0.936. The van der Waals surface area contributed by atoms with Crippen LogP contribution in [0.1, 0.15) is 0 Å². The minimum atomic E-state index is -1.14. The van der Waals surface area contributed by atoms with E-state index >= 15 is 0 Å². The number of rotatable bonds is 2. The zero-order chi connectivity index (χ0) is 11.5. The van der Waals surface area contributed by atoms with E-state index in [4.69, 9.17) is 16.3 Å². The molecule has 16 heavy (non-hydrogen) atoms. The summed E-state index contributed by atoms with van der Waals surface area (Å²) in [6.45, 7) is 0. The van der Waals surface area contributed by atoms with Crippen molar-refractivity contribution in [3.8, 4) is 11.5 Å². The van der Waals surface area contributed by atoms with E-state index in [2.05, 4.69) is 4.42 Å². The molecular weight excluding hydrogens is 235 g/mol. The fourth-order valence-corrected chi connectivity index (χ4v) is 1.27. The van der Waals surface area contributed by atoms with Crippen LogP contribution in [0.4, 0.5) is 4.39 Å². The molecule has 0 fully saturated rings. The molecule has 0 spiro atoms. The molecule has 1 aromatic carbocycles. The smallest absolute Gasteiger partial charge is 0.376 e. The summed E-state index contributed by atoms with van der Waals surface area (Å²) in [5, 5.41) is -0.0963. The standard InChI is InChI=1S/C11H6ClFO3/c12-8-6-15-11(14)9(13)10(8)16-7-4-2-1-3-5-7/h1-6H. The van der Waals surface area contributed by atoms with Gasteiger partial charge in [-0.2, -0.15) is 4.39 Å². The highest BCUT2D eigenvalue weighted by molar-refractivity contribution is 6.31. The third-order valence-corrected chi connectivity index (χ3v) is 2.09. The van der Waals surface area contributed by atoms with Gasteiger partial charge in [-0.1, -0.05) is 29.8 Å². The highest BCUT2D eigenvalue weighted by Crippen LogP contribution is 2.29. The van der Waals surface area contributed by atoms with Gasteiger partial charge in [-0.3, -0.25) is 0 Å². The van der Waals surface area contributed by atoms with E-state index in [9.17, 15) is 9.18 Å². The highest BCUT2D eigenvalue weighted by Gasteiger charge is 2.15. The average Bonchev–Trinajstić information content (AvgIpc) is 2.31. The van der Waals surface area contributed by atoms with Crippen LogP contribution in [0.25, 0.3) is 0 Å². The van der Waals surface area contributed by atoms with E-state index < -0.39 is 11.4 Å². The molecule has 0 bridgehead atoms. The van der Waals surface area contributed by atoms with Crippen molar-refractivity contribution in [2.45, 2.75) is 0 Å². The summed E-state index contributed by atoms with van der Waals surface area (Å²) in [5.41, 5.74) is -1.12. The summed E-state index contributed by atoms with van der Waals surface area (Å²) < 4.78 is 22.8. The van der Waals surface area contributed by atoms with Crippen molar-refractivity contribution < 1.29 is 13.5 Å². The van der Waals surface area contributed by atoms with Gasteiger partial charge in [-0.05, 0) is 12.1 Å². The Kier molecular flexibility index (Phi) is 2.92. The quantitative estimate of drug-likeness (QED) is 0.809. The number of para-hydroxylation sites is 1. The molecule has 1 heterocycles. The fourth-order valence-electron chi connectivity index (χ4n) is 1.11. The lowest BCUT2D eigenvalue weighted by Crippen LogP contribution is -2.06. The fraction of sp³-hybridized carbons (Fsp3) is 0. The zero-order valence-electron chi connectivity index (χ0n) is 7.94. The molecule has 0 aliphatic carbocycles. The molecular formula is C11H6ClFO3. The van der Waals surface area contributed by atoms with Gasteiger partial charge in [0.25, 0.3) is 5.82 Å². The molecule has 5 heteroatoms. The molecule has 0 atom stereocenters. The molecule has 0 saturated heterocycles. The van der Waals surface area contributed by atoms with E-state index in [0.29, 0.717) is 5.75 Å². The van der Waals surface area contributed by atoms with Gasteiger partial charge >= 0.3 is 5.63 Å². The van der Waals surface area contributed by atoms with Crippen LogP contribution >= 0.6 is 11.6 Å². The van der Waals surface area contributed by atoms with E-state index in [1.807, 2.05) is 0 Å². The molecule has 0 amide bonds. The van der Waals surface area contributed by atoms with Crippen molar-refractivity contribution in [2.75, 3.05) is 0 Å². The molecule has 0 saturated carbocycles. The first-order valence-electron chi connectivity index (χ1n) is 4.38. The number of hydrogen-bond acceptors (Lipinski definition) is 3.